The molecular weight excluding hydrogens is 224 g/mol. The predicted octanol–water partition coefficient (Wildman–Crippen LogP) is 2.16. The monoisotopic (exact) mass is 252 g/mol. The molecule has 0 amide bonds. The molecule has 1 spiro atoms. The molecular formula is C15H28N2O. The van der Waals surface area contributed by atoms with E-state index in [1.165, 1.54) is 64.6 Å². The molecule has 0 aromatic carbocycles. The molecule has 2 saturated heterocycles. The van der Waals surface area contributed by atoms with Gasteiger partial charge in [-0.1, -0.05) is 0 Å². The fraction of sp³-hybridized carbons (Fsp3) is 1.00. The van der Waals surface area contributed by atoms with Gasteiger partial charge in [0.05, 0.1) is 5.60 Å². The Morgan fingerprint density at radius 3 is 2.72 bits per heavy atom. The lowest BCUT2D eigenvalue weighted by molar-refractivity contribution is -0.136. The number of likely N-dealkylation sites (tertiary alicyclic amines) is 1. The summed E-state index contributed by atoms with van der Waals surface area (Å²) in [5, 5.41) is 3.85. The summed E-state index contributed by atoms with van der Waals surface area (Å²) in [5.74, 6) is 0. The summed E-state index contributed by atoms with van der Waals surface area (Å²) in [6.45, 7) is 7.16. The molecule has 0 aromatic rings. The van der Waals surface area contributed by atoms with Crippen LogP contribution < -0.4 is 5.32 Å². The van der Waals surface area contributed by atoms with E-state index < -0.39 is 0 Å². The van der Waals surface area contributed by atoms with Crippen molar-refractivity contribution < 1.29 is 4.74 Å². The Kier molecular flexibility index (Phi) is 3.92. The summed E-state index contributed by atoms with van der Waals surface area (Å²) in [4.78, 5) is 2.61. The highest BCUT2D eigenvalue weighted by Crippen LogP contribution is 2.42. The van der Waals surface area contributed by atoms with Gasteiger partial charge in [-0.05, 0) is 65.0 Å². The van der Waals surface area contributed by atoms with Gasteiger partial charge in [0.25, 0.3) is 0 Å². The van der Waals surface area contributed by atoms with Gasteiger partial charge in [-0.15, -0.1) is 0 Å². The highest BCUT2D eigenvalue weighted by atomic mass is 16.5. The maximum absolute atomic E-state index is 6.00. The standard InChI is InChI=1S/C15H28N2O/c1-13(12-17-8-2-3-9-17)16-14-5-10-18-15(11-14)6-4-7-15/h13-14,16H,2-12H2,1H3. The highest BCUT2D eigenvalue weighted by Gasteiger charge is 2.42. The van der Waals surface area contributed by atoms with E-state index in [2.05, 4.69) is 17.1 Å². The van der Waals surface area contributed by atoms with E-state index in [0.29, 0.717) is 12.1 Å². The lowest BCUT2D eigenvalue weighted by atomic mass is 9.74. The number of nitrogens with one attached hydrogen (secondary N) is 1. The van der Waals surface area contributed by atoms with Crippen molar-refractivity contribution in [2.24, 2.45) is 0 Å². The Hall–Kier alpha value is -0.120. The fourth-order valence-electron chi connectivity index (χ4n) is 3.90. The molecule has 1 N–H and O–H groups in total. The van der Waals surface area contributed by atoms with Gasteiger partial charge in [0.2, 0.25) is 0 Å². The molecule has 0 bridgehead atoms. The third-order valence-electron chi connectivity index (χ3n) is 5.01. The van der Waals surface area contributed by atoms with Crippen molar-refractivity contribution in [1.82, 2.24) is 10.2 Å². The van der Waals surface area contributed by atoms with Crippen LogP contribution in [-0.4, -0.2) is 48.8 Å². The smallest absolute Gasteiger partial charge is 0.0697 e. The van der Waals surface area contributed by atoms with E-state index >= 15 is 0 Å². The van der Waals surface area contributed by atoms with Crippen molar-refractivity contribution in [3.8, 4) is 0 Å². The lowest BCUT2D eigenvalue weighted by Gasteiger charge is -2.48. The molecule has 0 aromatic heterocycles. The lowest BCUT2D eigenvalue weighted by Crippen LogP contribution is -2.53. The second-order valence-corrected chi connectivity index (χ2v) is 6.65. The van der Waals surface area contributed by atoms with Crippen molar-refractivity contribution in [2.75, 3.05) is 26.2 Å². The molecule has 104 valence electrons. The second-order valence-electron chi connectivity index (χ2n) is 6.65. The molecule has 3 heteroatoms. The van der Waals surface area contributed by atoms with E-state index in [1.54, 1.807) is 0 Å². The minimum absolute atomic E-state index is 0.281. The summed E-state index contributed by atoms with van der Waals surface area (Å²) in [6.07, 6.45) is 9.21. The number of hydrogen-bond acceptors (Lipinski definition) is 3. The molecule has 3 fully saturated rings. The van der Waals surface area contributed by atoms with E-state index in [-0.39, 0.29) is 5.60 Å². The third kappa shape index (κ3) is 2.89. The molecule has 1 saturated carbocycles. The molecule has 2 aliphatic heterocycles. The first-order valence-electron chi connectivity index (χ1n) is 7.88. The van der Waals surface area contributed by atoms with Crippen molar-refractivity contribution in [1.29, 1.82) is 0 Å². The maximum atomic E-state index is 6.00. The molecule has 3 rings (SSSR count). The van der Waals surface area contributed by atoms with Crippen molar-refractivity contribution in [3.05, 3.63) is 0 Å². The van der Waals surface area contributed by atoms with Crippen LogP contribution in [-0.2, 0) is 4.74 Å². The van der Waals surface area contributed by atoms with Gasteiger partial charge in [0.1, 0.15) is 0 Å². The SMILES string of the molecule is CC(CN1CCCC1)NC1CCOC2(CCC2)C1. The first kappa shape index (κ1) is 12.9. The van der Waals surface area contributed by atoms with Crippen molar-refractivity contribution in [2.45, 2.75) is 69.6 Å². The Morgan fingerprint density at radius 1 is 1.28 bits per heavy atom. The molecule has 18 heavy (non-hydrogen) atoms. The van der Waals surface area contributed by atoms with E-state index in [4.69, 9.17) is 4.74 Å². The zero-order valence-corrected chi connectivity index (χ0v) is 11.8. The van der Waals surface area contributed by atoms with Crippen LogP contribution in [0.4, 0.5) is 0 Å². The van der Waals surface area contributed by atoms with Crippen LogP contribution in [0.25, 0.3) is 0 Å². The van der Waals surface area contributed by atoms with Crippen LogP contribution in [0, 0.1) is 0 Å². The summed E-state index contributed by atoms with van der Waals surface area (Å²) in [7, 11) is 0. The first-order valence-corrected chi connectivity index (χ1v) is 7.88. The van der Waals surface area contributed by atoms with Gasteiger partial charge in [-0.25, -0.2) is 0 Å². The van der Waals surface area contributed by atoms with Gasteiger partial charge in [-0.3, -0.25) is 0 Å². The summed E-state index contributed by atoms with van der Waals surface area (Å²) in [6, 6.07) is 1.32. The van der Waals surface area contributed by atoms with Crippen LogP contribution in [0.2, 0.25) is 0 Å². The minimum atomic E-state index is 0.281. The van der Waals surface area contributed by atoms with E-state index in [1.807, 2.05) is 0 Å². The molecule has 1 aliphatic carbocycles. The van der Waals surface area contributed by atoms with Crippen LogP contribution in [0.5, 0.6) is 0 Å². The number of nitrogens with zero attached hydrogens (tertiary/aromatic N) is 1. The van der Waals surface area contributed by atoms with E-state index in [9.17, 15) is 0 Å². The number of ether oxygens (including phenoxy) is 1. The molecule has 0 radical (unpaired) electrons. The van der Waals surface area contributed by atoms with Gasteiger partial charge < -0.3 is 15.0 Å². The van der Waals surface area contributed by atoms with Gasteiger partial charge >= 0.3 is 0 Å². The predicted molar refractivity (Wildman–Crippen MR) is 73.8 cm³/mol. The van der Waals surface area contributed by atoms with Gasteiger partial charge in [0, 0.05) is 25.2 Å². The van der Waals surface area contributed by atoms with Gasteiger partial charge in [0.15, 0.2) is 0 Å². The van der Waals surface area contributed by atoms with Crippen LogP contribution in [0.15, 0.2) is 0 Å². The summed E-state index contributed by atoms with van der Waals surface area (Å²) >= 11 is 0. The fourth-order valence-corrected chi connectivity index (χ4v) is 3.90. The second kappa shape index (κ2) is 5.48. The van der Waals surface area contributed by atoms with Crippen LogP contribution in [0.1, 0.15) is 51.9 Å². The molecule has 2 atom stereocenters. The molecule has 3 nitrogen and oxygen atoms in total. The van der Waals surface area contributed by atoms with Crippen LogP contribution in [0.3, 0.4) is 0 Å². The van der Waals surface area contributed by atoms with Crippen LogP contribution >= 0.6 is 0 Å². The summed E-state index contributed by atoms with van der Waals surface area (Å²) in [5.41, 5.74) is 0.281. The van der Waals surface area contributed by atoms with Crippen molar-refractivity contribution >= 4 is 0 Å². The average Bonchev–Trinajstić information content (AvgIpc) is 2.80. The quantitative estimate of drug-likeness (QED) is 0.830. The Morgan fingerprint density at radius 2 is 2.06 bits per heavy atom. The Labute approximate surface area is 111 Å². The van der Waals surface area contributed by atoms with Crippen molar-refractivity contribution in [3.63, 3.8) is 0 Å². The molecule has 3 aliphatic rings. The Balaban J connectivity index is 1.43. The first-order chi connectivity index (χ1) is 8.76. The highest BCUT2D eigenvalue weighted by molar-refractivity contribution is 4.96. The largest absolute Gasteiger partial charge is 0.375 e. The molecule has 2 unspecified atom stereocenters. The third-order valence-corrected chi connectivity index (χ3v) is 5.01. The average molecular weight is 252 g/mol. The topological polar surface area (TPSA) is 24.5 Å². The summed E-state index contributed by atoms with van der Waals surface area (Å²) < 4.78 is 6.00. The van der Waals surface area contributed by atoms with Gasteiger partial charge in [-0.2, -0.15) is 0 Å². The normalized spacial score (nSPS) is 33.5. The number of hydrogen-bond donors (Lipinski definition) is 1. The zero-order valence-electron chi connectivity index (χ0n) is 11.8. The number of rotatable bonds is 4. The minimum Gasteiger partial charge on any atom is -0.375 e. The van der Waals surface area contributed by atoms with E-state index in [0.717, 1.165) is 6.61 Å². The maximum Gasteiger partial charge on any atom is 0.0697 e. The zero-order chi connectivity index (χ0) is 12.4. The molecule has 2 heterocycles. The Bertz CT molecular complexity index is 272.